The molecule has 0 saturated carbocycles. The number of rotatable bonds is 3. The van der Waals surface area contributed by atoms with Gasteiger partial charge in [0.25, 0.3) is 0 Å². The van der Waals surface area contributed by atoms with Crippen molar-refractivity contribution < 1.29 is 24.8 Å². The van der Waals surface area contributed by atoms with Crippen LogP contribution in [0.2, 0.25) is 0 Å². The Morgan fingerprint density at radius 1 is 1.38 bits per heavy atom. The molecule has 0 aliphatic carbocycles. The minimum Gasteiger partial charge on any atom is -0.479 e. The Labute approximate surface area is 118 Å². The predicted octanol–water partition coefficient (Wildman–Crippen LogP) is -1.97. The SMILES string of the molecule is COc1nc(N)nc2c1ncn2C1O[C@@H](CO)[C@@H](O)[C@H]1O. The summed E-state index contributed by atoms with van der Waals surface area (Å²) >= 11 is 0. The summed E-state index contributed by atoms with van der Waals surface area (Å²) in [6.07, 6.45) is -2.90. The van der Waals surface area contributed by atoms with Crippen LogP contribution in [0.4, 0.5) is 5.95 Å². The van der Waals surface area contributed by atoms with Gasteiger partial charge in [-0.1, -0.05) is 0 Å². The number of aromatic nitrogens is 4. The number of hydrogen-bond donors (Lipinski definition) is 4. The molecular formula is C11H15N5O5. The number of imidazole rings is 1. The zero-order valence-corrected chi connectivity index (χ0v) is 11.1. The Kier molecular flexibility index (Phi) is 3.37. The summed E-state index contributed by atoms with van der Waals surface area (Å²) in [6.45, 7) is -0.415. The molecule has 1 aliphatic heterocycles. The molecule has 21 heavy (non-hydrogen) atoms. The van der Waals surface area contributed by atoms with Crippen molar-refractivity contribution in [2.24, 2.45) is 0 Å². The standard InChI is InChI=1S/C11H15N5O5/c1-20-9-5-8(14-11(12)15-9)16(3-13-5)10-7(19)6(18)4(2-17)21-10/h3-4,6-7,10,17-19H,2H2,1H3,(H2,12,14,15)/t4-,6+,7+,10?/m0/s1. The lowest BCUT2D eigenvalue weighted by Gasteiger charge is -2.16. The molecule has 10 heteroatoms. The number of hydrogen-bond acceptors (Lipinski definition) is 9. The van der Waals surface area contributed by atoms with E-state index in [1.807, 2.05) is 0 Å². The van der Waals surface area contributed by atoms with Gasteiger partial charge in [-0.2, -0.15) is 9.97 Å². The lowest BCUT2D eigenvalue weighted by atomic mass is 10.1. The van der Waals surface area contributed by atoms with Gasteiger partial charge in [-0.3, -0.25) is 4.57 Å². The van der Waals surface area contributed by atoms with Crippen LogP contribution in [0.5, 0.6) is 5.88 Å². The quantitative estimate of drug-likeness (QED) is 0.506. The highest BCUT2D eigenvalue weighted by Gasteiger charge is 2.44. The lowest BCUT2D eigenvalue weighted by Crippen LogP contribution is -2.33. The van der Waals surface area contributed by atoms with Crippen LogP contribution in [-0.2, 0) is 4.74 Å². The first kappa shape index (κ1) is 13.9. The topological polar surface area (TPSA) is 149 Å². The Hall–Kier alpha value is -2.01. The van der Waals surface area contributed by atoms with E-state index in [2.05, 4.69) is 15.0 Å². The first-order chi connectivity index (χ1) is 10.1. The molecule has 0 bridgehead atoms. The third-order valence-electron chi connectivity index (χ3n) is 3.39. The van der Waals surface area contributed by atoms with Gasteiger partial charge < -0.3 is 30.5 Å². The molecule has 2 aromatic rings. The van der Waals surface area contributed by atoms with Crippen LogP contribution in [0.3, 0.4) is 0 Å². The molecule has 1 saturated heterocycles. The number of nitrogen functional groups attached to an aromatic ring is 1. The van der Waals surface area contributed by atoms with Gasteiger partial charge >= 0.3 is 0 Å². The minimum absolute atomic E-state index is 0.0205. The maximum Gasteiger partial charge on any atom is 0.246 e. The second-order valence-electron chi connectivity index (χ2n) is 4.64. The summed E-state index contributed by atoms with van der Waals surface area (Å²) in [5.41, 5.74) is 6.26. The monoisotopic (exact) mass is 297 g/mol. The van der Waals surface area contributed by atoms with Gasteiger partial charge in [-0.15, -0.1) is 0 Å². The molecule has 3 rings (SSSR count). The number of aliphatic hydroxyl groups is 3. The maximum atomic E-state index is 10.0. The molecule has 1 aliphatic rings. The zero-order chi connectivity index (χ0) is 15.1. The summed E-state index contributed by atoms with van der Waals surface area (Å²) in [5.74, 6) is 0.177. The van der Waals surface area contributed by atoms with E-state index in [-0.39, 0.29) is 11.8 Å². The van der Waals surface area contributed by atoms with Gasteiger partial charge in [0, 0.05) is 0 Å². The van der Waals surface area contributed by atoms with E-state index in [1.165, 1.54) is 18.0 Å². The fourth-order valence-electron chi connectivity index (χ4n) is 2.35. The van der Waals surface area contributed by atoms with Gasteiger partial charge in [0.05, 0.1) is 20.0 Å². The van der Waals surface area contributed by atoms with Crippen molar-refractivity contribution in [3.63, 3.8) is 0 Å². The number of fused-ring (bicyclic) bond motifs is 1. The van der Waals surface area contributed by atoms with E-state index in [0.29, 0.717) is 11.2 Å². The largest absolute Gasteiger partial charge is 0.479 e. The van der Waals surface area contributed by atoms with Crippen molar-refractivity contribution >= 4 is 17.1 Å². The zero-order valence-electron chi connectivity index (χ0n) is 11.1. The average molecular weight is 297 g/mol. The van der Waals surface area contributed by atoms with Crippen molar-refractivity contribution in [2.45, 2.75) is 24.5 Å². The normalized spacial score (nSPS) is 29.1. The van der Waals surface area contributed by atoms with Crippen LogP contribution < -0.4 is 10.5 Å². The van der Waals surface area contributed by atoms with Gasteiger partial charge in [0.15, 0.2) is 17.4 Å². The molecule has 3 heterocycles. The highest BCUT2D eigenvalue weighted by Crippen LogP contribution is 2.32. The smallest absolute Gasteiger partial charge is 0.246 e. The van der Waals surface area contributed by atoms with Gasteiger partial charge in [0.2, 0.25) is 11.8 Å². The lowest BCUT2D eigenvalue weighted by molar-refractivity contribution is -0.0511. The first-order valence-electron chi connectivity index (χ1n) is 6.23. The van der Waals surface area contributed by atoms with Crippen LogP contribution in [0.1, 0.15) is 6.23 Å². The van der Waals surface area contributed by atoms with Crippen LogP contribution in [0, 0.1) is 0 Å². The van der Waals surface area contributed by atoms with E-state index in [9.17, 15) is 10.2 Å². The number of aliphatic hydroxyl groups excluding tert-OH is 3. The van der Waals surface area contributed by atoms with Crippen LogP contribution in [0.15, 0.2) is 6.33 Å². The van der Waals surface area contributed by atoms with Crippen molar-refractivity contribution in [1.29, 1.82) is 0 Å². The number of nitrogens with zero attached hydrogens (tertiary/aromatic N) is 4. The molecule has 0 amide bonds. The molecular weight excluding hydrogens is 282 g/mol. The summed E-state index contributed by atoms with van der Waals surface area (Å²) in [7, 11) is 1.42. The second-order valence-corrected chi connectivity index (χ2v) is 4.64. The van der Waals surface area contributed by atoms with Crippen molar-refractivity contribution in [1.82, 2.24) is 19.5 Å². The van der Waals surface area contributed by atoms with Crippen molar-refractivity contribution in [3.05, 3.63) is 6.33 Å². The van der Waals surface area contributed by atoms with Gasteiger partial charge in [-0.25, -0.2) is 4.98 Å². The number of anilines is 1. The fourth-order valence-corrected chi connectivity index (χ4v) is 2.35. The summed E-state index contributed by atoms with van der Waals surface area (Å²) in [6, 6.07) is 0. The number of methoxy groups -OCH3 is 1. The van der Waals surface area contributed by atoms with Crippen molar-refractivity contribution in [2.75, 3.05) is 19.5 Å². The maximum absolute atomic E-state index is 10.0. The molecule has 4 atom stereocenters. The van der Waals surface area contributed by atoms with E-state index < -0.39 is 31.1 Å². The van der Waals surface area contributed by atoms with Gasteiger partial charge in [0.1, 0.15) is 18.3 Å². The van der Waals surface area contributed by atoms with E-state index in [0.717, 1.165) is 0 Å². The van der Waals surface area contributed by atoms with E-state index in [1.54, 1.807) is 0 Å². The number of ether oxygens (including phenoxy) is 2. The van der Waals surface area contributed by atoms with E-state index in [4.69, 9.17) is 20.3 Å². The molecule has 10 nitrogen and oxygen atoms in total. The molecule has 0 aromatic carbocycles. The third-order valence-corrected chi connectivity index (χ3v) is 3.39. The Morgan fingerprint density at radius 2 is 2.14 bits per heavy atom. The van der Waals surface area contributed by atoms with E-state index >= 15 is 0 Å². The highest BCUT2D eigenvalue weighted by molar-refractivity contribution is 5.77. The second kappa shape index (κ2) is 5.07. The molecule has 0 radical (unpaired) electrons. The average Bonchev–Trinajstić information content (AvgIpc) is 3.01. The molecule has 0 spiro atoms. The molecule has 1 unspecified atom stereocenters. The van der Waals surface area contributed by atoms with Crippen molar-refractivity contribution in [3.8, 4) is 5.88 Å². The summed E-state index contributed by atoms with van der Waals surface area (Å²) in [5, 5.41) is 29.0. The summed E-state index contributed by atoms with van der Waals surface area (Å²) in [4.78, 5) is 12.1. The Bertz CT molecular complexity index is 662. The summed E-state index contributed by atoms with van der Waals surface area (Å²) < 4.78 is 11.9. The third kappa shape index (κ3) is 2.08. The number of nitrogens with two attached hydrogens (primary N) is 1. The fraction of sp³-hybridized carbons (Fsp3) is 0.545. The van der Waals surface area contributed by atoms with Crippen LogP contribution in [0.25, 0.3) is 11.2 Å². The first-order valence-corrected chi connectivity index (χ1v) is 6.23. The predicted molar refractivity (Wildman–Crippen MR) is 69.3 cm³/mol. The van der Waals surface area contributed by atoms with Crippen LogP contribution >= 0.6 is 0 Å². The Morgan fingerprint density at radius 3 is 2.76 bits per heavy atom. The molecule has 5 N–H and O–H groups in total. The Balaban J connectivity index is 2.07. The molecule has 114 valence electrons. The molecule has 1 fully saturated rings. The van der Waals surface area contributed by atoms with Gasteiger partial charge in [-0.05, 0) is 0 Å². The van der Waals surface area contributed by atoms with Crippen LogP contribution in [-0.4, -0.2) is 66.9 Å². The highest BCUT2D eigenvalue weighted by atomic mass is 16.6. The minimum atomic E-state index is -1.23. The molecule has 2 aromatic heterocycles.